The van der Waals surface area contributed by atoms with E-state index in [-0.39, 0.29) is 9.64 Å². The Balaban J connectivity index is 2.97. The van der Waals surface area contributed by atoms with E-state index in [1.165, 1.54) is 30.0 Å². The van der Waals surface area contributed by atoms with E-state index < -0.39 is 11.6 Å². The van der Waals surface area contributed by atoms with Gasteiger partial charge >= 0.3 is 0 Å². The number of thioether (sulfide) groups is 1. The molecule has 1 aromatic rings. The molecule has 1 rings (SSSR count). The zero-order valence-electron chi connectivity index (χ0n) is 8.60. The molecule has 0 saturated heterocycles. The van der Waals surface area contributed by atoms with Crippen molar-refractivity contribution in [3.05, 3.63) is 29.8 Å². The number of halogens is 2. The normalized spacial score (nSPS) is 11.8. The summed E-state index contributed by atoms with van der Waals surface area (Å²) in [7, 11) is 0. The van der Waals surface area contributed by atoms with Crippen LogP contribution in [0.4, 0.5) is 8.78 Å². The van der Waals surface area contributed by atoms with E-state index in [1.54, 1.807) is 0 Å². The van der Waals surface area contributed by atoms with Crippen molar-refractivity contribution in [2.45, 2.75) is 36.8 Å². The van der Waals surface area contributed by atoms with Crippen molar-refractivity contribution < 1.29 is 8.78 Å². The van der Waals surface area contributed by atoms with Crippen LogP contribution >= 0.6 is 11.8 Å². The van der Waals surface area contributed by atoms with Gasteiger partial charge in [0.05, 0.1) is 4.90 Å². The molecule has 1 aromatic carbocycles. The predicted octanol–water partition coefficient (Wildman–Crippen LogP) is 4.25. The topological polar surface area (TPSA) is 0 Å². The van der Waals surface area contributed by atoms with E-state index in [2.05, 4.69) is 0 Å². The van der Waals surface area contributed by atoms with Gasteiger partial charge in [-0.1, -0.05) is 26.8 Å². The summed E-state index contributed by atoms with van der Waals surface area (Å²) in [4.78, 5) is 0.124. The van der Waals surface area contributed by atoms with Gasteiger partial charge < -0.3 is 0 Å². The number of rotatable bonds is 3. The second-order valence-electron chi connectivity index (χ2n) is 3.77. The van der Waals surface area contributed by atoms with Crippen LogP contribution in [-0.4, -0.2) is 4.75 Å². The van der Waals surface area contributed by atoms with Gasteiger partial charge in [-0.3, -0.25) is 0 Å². The van der Waals surface area contributed by atoms with Crippen LogP contribution in [-0.2, 0) is 0 Å². The smallest absolute Gasteiger partial charge is 0.139 e. The largest absolute Gasteiger partial charge is 0.206 e. The lowest BCUT2D eigenvalue weighted by Crippen LogP contribution is -2.13. The quantitative estimate of drug-likeness (QED) is 0.681. The maximum atomic E-state index is 13.3. The molecule has 0 atom stereocenters. The molecule has 0 unspecified atom stereocenters. The van der Waals surface area contributed by atoms with Crippen molar-refractivity contribution in [1.29, 1.82) is 0 Å². The predicted molar refractivity (Wildman–Crippen MR) is 56.6 cm³/mol. The highest BCUT2D eigenvalue weighted by Gasteiger charge is 2.21. The Hall–Kier alpha value is -0.570. The molecule has 0 bridgehead atoms. The Kier molecular flexibility index (Phi) is 3.53. The van der Waals surface area contributed by atoms with Gasteiger partial charge in [0.2, 0.25) is 0 Å². The van der Waals surface area contributed by atoms with Gasteiger partial charge in [0.1, 0.15) is 11.6 Å². The SMILES string of the molecule is CCC(C)(C)Sc1c(F)cccc1F. The highest BCUT2D eigenvalue weighted by molar-refractivity contribution is 8.00. The molecule has 0 nitrogen and oxygen atoms in total. The molecule has 0 radical (unpaired) electrons. The average molecular weight is 216 g/mol. The number of hydrogen-bond acceptors (Lipinski definition) is 1. The minimum atomic E-state index is -0.475. The molecule has 0 saturated carbocycles. The Morgan fingerprint density at radius 1 is 1.21 bits per heavy atom. The first-order valence-corrected chi connectivity index (χ1v) is 5.41. The van der Waals surface area contributed by atoms with Crippen LogP contribution in [0, 0.1) is 11.6 Å². The molecule has 78 valence electrons. The first-order chi connectivity index (χ1) is 6.46. The molecule has 0 amide bonds. The minimum absolute atomic E-state index is 0.124. The highest BCUT2D eigenvalue weighted by atomic mass is 32.2. The van der Waals surface area contributed by atoms with Crippen LogP contribution in [0.2, 0.25) is 0 Å². The molecule has 0 spiro atoms. The standard InChI is InChI=1S/C11H14F2S/c1-4-11(2,3)14-10-8(12)6-5-7-9(10)13/h5-7H,4H2,1-3H3. The van der Waals surface area contributed by atoms with Crippen molar-refractivity contribution in [1.82, 2.24) is 0 Å². The Labute approximate surface area is 87.7 Å². The van der Waals surface area contributed by atoms with Crippen LogP contribution in [0.25, 0.3) is 0 Å². The van der Waals surface area contributed by atoms with Crippen LogP contribution in [0.5, 0.6) is 0 Å². The third-order valence-corrected chi connectivity index (χ3v) is 3.58. The fourth-order valence-electron chi connectivity index (χ4n) is 0.928. The summed E-state index contributed by atoms with van der Waals surface area (Å²) in [5, 5.41) is 0. The van der Waals surface area contributed by atoms with Crippen LogP contribution in [0.1, 0.15) is 27.2 Å². The summed E-state index contributed by atoms with van der Waals surface area (Å²) in [5.41, 5.74) is 0. The molecule has 0 N–H and O–H groups in total. The van der Waals surface area contributed by atoms with Gasteiger partial charge in [0.25, 0.3) is 0 Å². The van der Waals surface area contributed by atoms with Crippen molar-refractivity contribution in [3.8, 4) is 0 Å². The van der Waals surface area contributed by atoms with E-state index in [0.29, 0.717) is 0 Å². The van der Waals surface area contributed by atoms with Crippen molar-refractivity contribution >= 4 is 11.8 Å². The highest BCUT2D eigenvalue weighted by Crippen LogP contribution is 2.37. The Bertz CT molecular complexity index is 301. The number of hydrogen-bond donors (Lipinski definition) is 0. The summed E-state index contributed by atoms with van der Waals surface area (Å²) in [6.45, 7) is 5.96. The molecule has 14 heavy (non-hydrogen) atoms. The summed E-state index contributed by atoms with van der Waals surface area (Å²) >= 11 is 1.25. The van der Waals surface area contributed by atoms with Crippen molar-refractivity contribution in [2.75, 3.05) is 0 Å². The van der Waals surface area contributed by atoms with Crippen LogP contribution < -0.4 is 0 Å². The summed E-state index contributed by atoms with van der Waals surface area (Å²) in [5.74, 6) is -0.951. The van der Waals surface area contributed by atoms with Gasteiger partial charge in [-0.15, -0.1) is 11.8 Å². The van der Waals surface area contributed by atoms with Crippen LogP contribution in [0.3, 0.4) is 0 Å². The average Bonchev–Trinajstić information content (AvgIpc) is 2.12. The van der Waals surface area contributed by atoms with Crippen molar-refractivity contribution in [3.63, 3.8) is 0 Å². The molecule has 3 heteroatoms. The fourth-order valence-corrected chi connectivity index (χ4v) is 1.96. The third-order valence-electron chi connectivity index (χ3n) is 2.15. The molecule has 0 aliphatic heterocycles. The fraction of sp³-hybridized carbons (Fsp3) is 0.455. The van der Waals surface area contributed by atoms with Gasteiger partial charge in [0, 0.05) is 4.75 Å². The first kappa shape index (κ1) is 11.5. The lowest BCUT2D eigenvalue weighted by molar-refractivity contribution is 0.537. The molecular weight excluding hydrogens is 202 g/mol. The maximum absolute atomic E-state index is 13.3. The second-order valence-corrected chi connectivity index (χ2v) is 5.48. The molecule has 0 aromatic heterocycles. The van der Waals surface area contributed by atoms with Gasteiger partial charge in [0.15, 0.2) is 0 Å². The molecule has 0 heterocycles. The summed E-state index contributed by atoms with van der Waals surface area (Å²) in [6.07, 6.45) is 0.867. The van der Waals surface area contributed by atoms with E-state index in [9.17, 15) is 8.78 Å². The lowest BCUT2D eigenvalue weighted by Gasteiger charge is -2.22. The summed E-state index contributed by atoms with van der Waals surface area (Å²) in [6, 6.07) is 3.96. The van der Waals surface area contributed by atoms with Gasteiger partial charge in [-0.25, -0.2) is 8.78 Å². The summed E-state index contributed by atoms with van der Waals surface area (Å²) < 4.78 is 26.4. The molecule has 0 aliphatic carbocycles. The Morgan fingerprint density at radius 2 is 1.71 bits per heavy atom. The van der Waals surface area contributed by atoms with E-state index in [1.807, 2.05) is 20.8 Å². The van der Waals surface area contributed by atoms with Gasteiger partial charge in [-0.05, 0) is 18.6 Å². The van der Waals surface area contributed by atoms with E-state index in [0.717, 1.165) is 6.42 Å². The number of benzene rings is 1. The first-order valence-electron chi connectivity index (χ1n) is 4.59. The minimum Gasteiger partial charge on any atom is -0.206 e. The second kappa shape index (κ2) is 4.30. The van der Waals surface area contributed by atoms with Gasteiger partial charge in [-0.2, -0.15) is 0 Å². The molecular formula is C11H14F2S. The van der Waals surface area contributed by atoms with E-state index in [4.69, 9.17) is 0 Å². The molecule has 0 aliphatic rings. The monoisotopic (exact) mass is 216 g/mol. The maximum Gasteiger partial charge on any atom is 0.139 e. The Morgan fingerprint density at radius 3 is 2.14 bits per heavy atom. The molecule has 0 fully saturated rings. The van der Waals surface area contributed by atoms with Crippen molar-refractivity contribution in [2.24, 2.45) is 0 Å². The lowest BCUT2D eigenvalue weighted by atomic mass is 10.1. The zero-order chi connectivity index (χ0) is 10.8. The third kappa shape index (κ3) is 2.71. The zero-order valence-corrected chi connectivity index (χ0v) is 9.42. The van der Waals surface area contributed by atoms with E-state index >= 15 is 0 Å². The van der Waals surface area contributed by atoms with Crippen LogP contribution in [0.15, 0.2) is 23.1 Å².